The lowest BCUT2D eigenvalue weighted by molar-refractivity contribution is 0.135. The lowest BCUT2D eigenvalue weighted by Crippen LogP contribution is -2.31. The quantitative estimate of drug-likeness (QED) is 0.918. The van der Waals surface area contributed by atoms with Gasteiger partial charge in [-0.1, -0.05) is 13.3 Å². The molecule has 1 heterocycles. The van der Waals surface area contributed by atoms with Crippen LogP contribution in [0.5, 0.6) is 0 Å². The van der Waals surface area contributed by atoms with E-state index in [0.29, 0.717) is 10.4 Å². The molecule has 5 heteroatoms. The number of imidazole rings is 1. The Balaban J connectivity index is 2.10. The number of halogens is 2. The van der Waals surface area contributed by atoms with Gasteiger partial charge < -0.3 is 10.3 Å². The van der Waals surface area contributed by atoms with Gasteiger partial charge in [0.15, 0.2) is 0 Å². The molecular formula is C13H15BrFN3. The average Bonchev–Trinajstić information content (AvgIpc) is 2.55. The Morgan fingerprint density at radius 1 is 1.50 bits per heavy atom. The van der Waals surface area contributed by atoms with Crippen molar-refractivity contribution in [3.8, 4) is 0 Å². The van der Waals surface area contributed by atoms with Gasteiger partial charge in [0.25, 0.3) is 0 Å². The van der Waals surface area contributed by atoms with Crippen LogP contribution in [-0.2, 0) is 6.54 Å². The molecule has 2 aromatic rings. The summed E-state index contributed by atoms with van der Waals surface area (Å²) in [5.41, 5.74) is 7.76. The molecule has 0 bridgehead atoms. The molecule has 0 spiro atoms. The number of benzene rings is 1. The molecule has 1 aromatic heterocycles. The predicted molar refractivity (Wildman–Crippen MR) is 73.8 cm³/mol. The number of fused-ring (bicyclic) bond motifs is 1. The van der Waals surface area contributed by atoms with E-state index in [1.54, 1.807) is 6.07 Å². The van der Waals surface area contributed by atoms with E-state index < -0.39 is 0 Å². The van der Waals surface area contributed by atoms with E-state index in [-0.39, 0.29) is 11.2 Å². The third-order valence-electron chi connectivity index (χ3n) is 3.92. The van der Waals surface area contributed by atoms with Crippen LogP contribution in [0.25, 0.3) is 11.0 Å². The van der Waals surface area contributed by atoms with Gasteiger partial charge >= 0.3 is 0 Å². The summed E-state index contributed by atoms with van der Waals surface area (Å²) in [6.45, 7) is 3.06. The van der Waals surface area contributed by atoms with Crippen molar-refractivity contribution in [1.29, 1.82) is 0 Å². The van der Waals surface area contributed by atoms with Gasteiger partial charge in [-0.3, -0.25) is 0 Å². The van der Waals surface area contributed by atoms with Gasteiger partial charge in [-0.2, -0.15) is 0 Å². The third kappa shape index (κ3) is 1.81. The Labute approximate surface area is 113 Å². The lowest BCUT2D eigenvalue weighted by Gasteiger charge is -2.38. The van der Waals surface area contributed by atoms with Gasteiger partial charge in [-0.25, -0.2) is 9.37 Å². The first-order valence-corrected chi connectivity index (χ1v) is 6.89. The highest BCUT2D eigenvalue weighted by molar-refractivity contribution is 9.10. The Morgan fingerprint density at radius 2 is 2.22 bits per heavy atom. The van der Waals surface area contributed by atoms with Gasteiger partial charge in [-0.15, -0.1) is 0 Å². The van der Waals surface area contributed by atoms with E-state index in [4.69, 9.17) is 5.73 Å². The third-order valence-corrected chi connectivity index (χ3v) is 4.53. The molecule has 0 aliphatic heterocycles. The fourth-order valence-corrected chi connectivity index (χ4v) is 2.96. The number of nitrogen functional groups attached to an aromatic ring is 1. The van der Waals surface area contributed by atoms with E-state index in [9.17, 15) is 4.39 Å². The largest absolute Gasteiger partial charge is 0.369 e. The van der Waals surface area contributed by atoms with Crippen molar-refractivity contribution in [3.63, 3.8) is 0 Å². The molecule has 96 valence electrons. The number of anilines is 1. The molecule has 0 unspecified atom stereocenters. The van der Waals surface area contributed by atoms with E-state index >= 15 is 0 Å². The van der Waals surface area contributed by atoms with Crippen LogP contribution in [0.4, 0.5) is 10.3 Å². The van der Waals surface area contributed by atoms with Crippen molar-refractivity contribution in [2.75, 3.05) is 5.73 Å². The fourth-order valence-electron chi connectivity index (χ4n) is 2.63. The zero-order valence-electron chi connectivity index (χ0n) is 10.2. The minimum atomic E-state index is -0.276. The van der Waals surface area contributed by atoms with E-state index in [0.717, 1.165) is 17.6 Å². The Bertz CT molecular complexity index is 616. The second kappa shape index (κ2) is 3.95. The van der Waals surface area contributed by atoms with Crippen LogP contribution in [0.3, 0.4) is 0 Å². The number of rotatable bonds is 2. The van der Waals surface area contributed by atoms with Gasteiger partial charge in [0.05, 0.1) is 15.5 Å². The Hall–Kier alpha value is -1.10. The minimum Gasteiger partial charge on any atom is -0.369 e. The molecule has 1 saturated carbocycles. The van der Waals surface area contributed by atoms with Gasteiger partial charge in [0.1, 0.15) is 5.82 Å². The SMILES string of the molecule is CC1(Cn2c(N)nc3cc(Br)c(F)cc32)CCC1. The number of hydrogen-bond acceptors (Lipinski definition) is 2. The van der Waals surface area contributed by atoms with Crippen LogP contribution in [0, 0.1) is 11.2 Å². The highest BCUT2D eigenvalue weighted by Gasteiger charge is 2.33. The fraction of sp³-hybridized carbons (Fsp3) is 0.462. The van der Waals surface area contributed by atoms with E-state index in [2.05, 4.69) is 27.8 Å². The molecule has 0 atom stereocenters. The van der Waals surface area contributed by atoms with E-state index in [1.165, 1.54) is 25.3 Å². The number of hydrogen-bond donors (Lipinski definition) is 1. The molecule has 18 heavy (non-hydrogen) atoms. The second-order valence-corrected chi connectivity index (χ2v) is 6.33. The average molecular weight is 312 g/mol. The van der Waals surface area contributed by atoms with Crippen molar-refractivity contribution in [2.24, 2.45) is 5.41 Å². The molecule has 0 radical (unpaired) electrons. The number of aromatic nitrogens is 2. The highest BCUT2D eigenvalue weighted by atomic mass is 79.9. The zero-order chi connectivity index (χ0) is 12.9. The van der Waals surface area contributed by atoms with Crippen LogP contribution < -0.4 is 5.73 Å². The van der Waals surface area contributed by atoms with Gasteiger partial charge in [-0.05, 0) is 40.3 Å². The van der Waals surface area contributed by atoms with Crippen LogP contribution >= 0.6 is 15.9 Å². The van der Waals surface area contributed by atoms with Gasteiger partial charge in [0.2, 0.25) is 5.95 Å². The maximum absolute atomic E-state index is 13.6. The number of nitrogens with zero attached hydrogens (tertiary/aromatic N) is 2. The lowest BCUT2D eigenvalue weighted by atomic mass is 9.70. The summed E-state index contributed by atoms with van der Waals surface area (Å²) < 4.78 is 16.0. The molecule has 0 saturated heterocycles. The van der Waals surface area contributed by atoms with Crippen molar-refractivity contribution in [2.45, 2.75) is 32.7 Å². The minimum absolute atomic E-state index is 0.276. The van der Waals surface area contributed by atoms with E-state index in [1.807, 2.05) is 4.57 Å². The monoisotopic (exact) mass is 311 g/mol. The molecule has 3 rings (SSSR count). The molecule has 1 aromatic carbocycles. The summed E-state index contributed by atoms with van der Waals surface area (Å²) in [6, 6.07) is 3.19. The van der Waals surface area contributed by atoms with Crippen LogP contribution in [0.1, 0.15) is 26.2 Å². The topological polar surface area (TPSA) is 43.8 Å². The van der Waals surface area contributed by atoms with Gasteiger partial charge in [0, 0.05) is 12.6 Å². The van der Waals surface area contributed by atoms with Crippen molar-refractivity contribution in [1.82, 2.24) is 9.55 Å². The molecule has 3 nitrogen and oxygen atoms in total. The first-order chi connectivity index (χ1) is 8.48. The van der Waals surface area contributed by atoms with Crippen molar-refractivity contribution < 1.29 is 4.39 Å². The maximum Gasteiger partial charge on any atom is 0.201 e. The summed E-state index contributed by atoms with van der Waals surface area (Å²) in [7, 11) is 0. The zero-order valence-corrected chi connectivity index (χ0v) is 11.8. The first-order valence-electron chi connectivity index (χ1n) is 6.09. The maximum atomic E-state index is 13.6. The number of nitrogens with two attached hydrogens (primary N) is 1. The second-order valence-electron chi connectivity index (χ2n) is 5.48. The Kier molecular flexibility index (Phi) is 2.62. The summed E-state index contributed by atoms with van der Waals surface area (Å²) in [5.74, 6) is 0.193. The molecule has 0 amide bonds. The van der Waals surface area contributed by atoms with Crippen LogP contribution in [0.2, 0.25) is 0 Å². The standard InChI is InChI=1S/C13H15BrFN3/c1-13(3-2-4-13)7-18-11-6-9(15)8(14)5-10(11)17-12(18)16/h5-6H,2-4,7H2,1H3,(H2,16,17). The first kappa shape index (κ1) is 12.0. The highest BCUT2D eigenvalue weighted by Crippen LogP contribution is 2.42. The molecular weight excluding hydrogens is 297 g/mol. The summed E-state index contributed by atoms with van der Waals surface area (Å²) in [6.07, 6.45) is 3.67. The Morgan fingerprint density at radius 3 is 2.83 bits per heavy atom. The summed E-state index contributed by atoms with van der Waals surface area (Å²) in [5, 5.41) is 0. The van der Waals surface area contributed by atoms with Crippen molar-refractivity contribution >= 4 is 32.9 Å². The molecule has 1 fully saturated rings. The summed E-state index contributed by atoms with van der Waals surface area (Å²) >= 11 is 3.17. The van der Waals surface area contributed by atoms with Crippen molar-refractivity contribution in [3.05, 3.63) is 22.4 Å². The molecule has 1 aliphatic rings. The predicted octanol–water partition coefficient (Wildman–Crippen LogP) is 3.71. The molecule has 2 N–H and O–H groups in total. The smallest absolute Gasteiger partial charge is 0.201 e. The van der Waals surface area contributed by atoms with Crippen LogP contribution in [-0.4, -0.2) is 9.55 Å². The molecule has 1 aliphatic carbocycles. The van der Waals surface area contributed by atoms with Crippen LogP contribution in [0.15, 0.2) is 16.6 Å². The summed E-state index contributed by atoms with van der Waals surface area (Å²) in [4.78, 5) is 4.30. The normalized spacial score (nSPS) is 17.9.